The number of ether oxygens (including phenoxy) is 1. The van der Waals surface area contributed by atoms with Crippen LogP contribution in [0, 0.1) is 12.7 Å². The normalized spacial score (nSPS) is 12.0. The maximum Gasteiger partial charge on any atom is 0.251 e. The lowest BCUT2D eigenvalue weighted by molar-refractivity contribution is 0.0932. The van der Waals surface area contributed by atoms with Crippen LogP contribution in [0.25, 0.3) is 11.0 Å². The van der Waals surface area contributed by atoms with Gasteiger partial charge in [-0.05, 0) is 54.4 Å². The number of aromatic nitrogens is 2. The summed E-state index contributed by atoms with van der Waals surface area (Å²) in [6, 6.07) is 18.9. The van der Waals surface area contributed by atoms with E-state index in [2.05, 4.69) is 10.3 Å². The molecule has 1 unspecified atom stereocenters. The van der Waals surface area contributed by atoms with Gasteiger partial charge in [0.05, 0.1) is 30.5 Å². The Kier molecular flexibility index (Phi) is 5.48. The number of aryl methyl sites for hydroxylation is 1. The van der Waals surface area contributed by atoms with Crippen molar-refractivity contribution < 1.29 is 13.9 Å². The van der Waals surface area contributed by atoms with Gasteiger partial charge in [-0.15, -0.1) is 0 Å². The van der Waals surface area contributed by atoms with Crippen LogP contribution >= 0.6 is 0 Å². The Bertz CT molecular complexity index is 1180. The van der Waals surface area contributed by atoms with E-state index in [0.717, 1.165) is 22.2 Å². The van der Waals surface area contributed by atoms with Gasteiger partial charge in [0, 0.05) is 12.1 Å². The van der Waals surface area contributed by atoms with Gasteiger partial charge in [0.25, 0.3) is 5.91 Å². The standard InChI is InChI=1S/C24H22FN3O2/c1-16-7-8-18(13-23(16)30-2)24(29)27-21(17-9-11-19(25)12-10-17)14-28-15-26-20-5-3-4-6-22(20)28/h3-13,15,21H,14H2,1-2H3,(H,27,29). The molecule has 0 saturated heterocycles. The number of benzene rings is 3. The van der Waals surface area contributed by atoms with Crippen LogP contribution in [0.4, 0.5) is 4.39 Å². The predicted octanol–water partition coefficient (Wildman–Crippen LogP) is 4.66. The summed E-state index contributed by atoms with van der Waals surface area (Å²) in [6.45, 7) is 2.38. The molecule has 152 valence electrons. The van der Waals surface area contributed by atoms with E-state index in [4.69, 9.17) is 4.74 Å². The van der Waals surface area contributed by atoms with Gasteiger partial charge in [-0.25, -0.2) is 9.37 Å². The van der Waals surface area contributed by atoms with Gasteiger partial charge in [-0.1, -0.05) is 30.3 Å². The number of hydrogen-bond acceptors (Lipinski definition) is 3. The fourth-order valence-corrected chi connectivity index (χ4v) is 3.48. The Balaban J connectivity index is 1.65. The monoisotopic (exact) mass is 403 g/mol. The number of methoxy groups -OCH3 is 1. The number of nitrogens with one attached hydrogen (secondary N) is 1. The second-order valence-corrected chi connectivity index (χ2v) is 7.15. The minimum Gasteiger partial charge on any atom is -0.496 e. The number of amides is 1. The van der Waals surface area contributed by atoms with E-state index < -0.39 is 0 Å². The first-order chi connectivity index (χ1) is 14.5. The SMILES string of the molecule is COc1cc(C(=O)NC(Cn2cnc3ccccc32)c2ccc(F)cc2)ccc1C. The van der Waals surface area contributed by atoms with Crippen LogP contribution in [0.3, 0.4) is 0 Å². The summed E-state index contributed by atoms with van der Waals surface area (Å²) in [5.74, 6) is 0.105. The Morgan fingerprint density at radius 1 is 1.13 bits per heavy atom. The van der Waals surface area contributed by atoms with Crippen LogP contribution in [0.15, 0.2) is 73.1 Å². The molecule has 0 aliphatic heterocycles. The highest BCUT2D eigenvalue weighted by Crippen LogP contribution is 2.22. The molecule has 6 heteroatoms. The predicted molar refractivity (Wildman–Crippen MR) is 114 cm³/mol. The highest BCUT2D eigenvalue weighted by Gasteiger charge is 2.18. The van der Waals surface area contributed by atoms with Crippen molar-refractivity contribution in [1.82, 2.24) is 14.9 Å². The van der Waals surface area contributed by atoms with Crippen LogP contribution < -0.4 is 10.1 Å². The Labute approximate surface area is 174 Å². The van der Waals surface area contributed by atoms with Gasteiger partial charge >= 0.3 is 0 Å². The van der Waals surface area contributed by atoms with Crippen molar-refractivity contribution in [2.45, 2.75) is 19.5 Å². The van der Waals surface area contributed by atoms with Crippen molar-refractivity contribution in [3.8, 4) is 5.75 Å². The number of carbonyl (C=O) groups excluding carboxylic acids is 1. The molecule has 1 aromatic heterocycles. The number of imidazole rings is 1. The molecule has 4 aromatic rings. The number of fused-ring (bicyclic) bond motifs is 1. The smallest absolute Gasteiger partial charge is 0.251 e. The van der Waals surface area contributed by atoms with Crippen molar-refractivity contribution in [3.63, 3.8) is 0 Å². The quantitative estimate of drug-likeness (QED) is 0.509. The zero-order valence-corrected chi connectivity index (χ0v) is 16.8. The summed E-state index contributed by atoms with van der Waals surface area (Å²) >= 11 is 0. The van der Waals surface area contributed by atoms with E-state index in [0.29, 0.717) is 17.9 Å². The summed E-state index contributed by atoms with van der Waals surface area (Å²) in [5.41, 5.74) is 4.11. The molecular formula is C24H22FN3O2. The van der Waals surface area contributed by atoms with E-state index in [1.807, 2.05) is 41.8 Å². The van der Waals surface area contributed by atoms with E-state index in [1.165, 1.54) is 12.1 Å². The third kappa shape index (κ3) is 4.03. The third-order valence-corrected chi connectivity index (χ3v) is 5.15. The number of hydrogen-bond donors (Lipinski definition) is 1. The maximum atomic E-state index is 13.5. The number of rotatable bonds is 6. The van der Waals surface area contributed by atoms with E-state index in [1.54, 1.807) is 37.7 Å². The van der Waals surface area contributed by atoms with Gasteiger partial charge in [0.2, 0.25) is 0 Å². The molecule has 1 N–H and O–H groups in total. The summed E-state index contributed by atoms with van der Waals surface area (Å²) in [6.07, 6.45) is 1.75. The molecule has 0 aliphatic carbocycles. The van der Waals surface area contributed by atoms with Crippen LogP contribution in [-0.4, -0.2) is 22.6 Å². The molecule has 3 aromatic carbocycles. The van der Waals surface area contributed by atoms with Crippen molar-refractivity contribution >= 4 is 16.9 Å². The molecule has 1 amide bonds. The zero-order chi connectivity index (χ0) is 21.1. The minimum absolute atomic E-state index is 0.230. The van der Waals surface area contributed by atoms with Crippen molar-refractivity contribution in [2.24, 2.45) is 0 Å². The summed E-state index contributed by atoms with van der Waals surface area (Å²) < 4.78 is 20.8. The topological polar surface area (TPSA) is 56.1 Å². The molecule has 0 spiro atoms. The molecule has 4 rings (SSSR count). The summed E-state index contributed by atoms with van der Waals surface area (Å²) in [7, 11) is 1.58. The highest BCUT2D eigenvalue weighted by molar-refractivity contribution is 5.95. The first-order valence-electron chi connectivity index (χ1n) is 9.66. The summed E-state index contributed by atoms with van der Waals surface area (Å²) in [5, 5.41) is 3.08. The number of carbonyl (C=O) groups is 1. The molecule has 5 nitrogen and oxygen atoms in total. The molecule has 0 radical (unpaired) electrons. The lowest BCUT2D eigenvalue weighted by Crippen LogP contribution is -2.31. The number of para-hydroxylation sites is 2. The largest absolute Gasteiger partial charge is 0.496 e. The van der Waals surface area contributed by atoms with Crippen LogP contribution in [-0.2, 0) is 6.54 Å². The van der Waals surface area contributed by atoms with Gasteiger partial charge in [-0.2, -0.15) is 0 Å². The van der Waals surface area contributed by atoms with Crippen molar-refractivity contribution in [1.29, 1.82) is 0 Å². The van der Waals surface area contributed by atoms with Gasteiger partial charge in [-0.3, -0.25) is 4.79 Å². The van der Waals surface area contributed by atoms with Crippen molar-refractivity contribution in [2.75, 3.05) is 7.11 Å². The van der Waals surface area contributed by atoms with E-state index in [9.17, 15) is 9.18 Å². The second kappa shape index (κ2) is 8.37. The van der Waals surface area contributed by atoms with Crippen molar-refractivity contribution in [3.05, 3.63) is 95.6 Å². The lowest BCUT2D eigenvalue weighted by atomic mass is 10.0. The van der Waals surface area contributed by atoms with Crippen LogP contribution in [0.5, 0.6) is 5.75 Å². The zero-order valence-electron chi connectivity index (χ0n) is 16.8. The Hall–Kier alpha value is -3.67. The molecule has 0 aliphatic rings. The average Bonchev–Trinajstić information content (AvgIpc) is 3.17. The molecule has 0 bridgehead atoms. The Morgan fingerprint density at radius 3 is 2.67 bits per heavy atom. The molecule has 1 atom stereocenters. The summed E-state index contributed by atoms with van der Waals surface area (Å²) in [4.78, 5) is 17.4. The fraction of sp³-hybridized carbons (Fsp3) is 0.167. The molecule has 0 fully saturated rings. The van der Waals surface area contributed by atoms with Crippen LogP contribution in [0.2, 0.25) is 0 Å². The molecule has 0 saturated carbocycles. The van der Waals surface area contributed by atoms with Gasteiger partial charge in [0.1, 0.15) is 11.6 Å². The van der Waals surface area contributed by atoms with E-state index in [-0.39, 0.29) is 17.8 Å². The molecule has 1 heterocycles. The van der Waals surface area contributed by atoms with E-state index >= 15 is 0 Å². The average molecular weight is 403 g/mol. The molecular weight excluding hydrogens is 381 g/mol. The maximum absolute atomic E-state index is 13.5. The second-order valence-electron chi connectivity index (χ2n) is 7.15. The first-order valence-corrected chi connectivity index (χ1v) is 9.66. The molecule has 30 heavy (non-hydrogen) atoms. The van der Waals surface area contributed by atoms with Gasteiger partial charge in [0.15, 0.2) is 0 Å². The Morgan fingerprint density at radius 2 is 1.90 bits per heavy atom. The minimum atomic E-state index is -0.372. The highest BCUT2D eigenvalue weighted by atomic mass is 19.1. The fourth-order valence-electron chi connectivity index (χ4n) is 3.48. The first kappa shape index (κ1) is 19.6. The number of nitrogens with zero attached hydrogens (tertiary/aromatic N) is 2. The third-order valence-electron chi connectivity index (χ3n) is 5.15. The lowest BCUT2D eigenvalue weighted by Gasteiger charge is -2.21. The van der Waals surface area contributed by atoms with Crippen LogP contribution in [0.1, 0.15) is 27.5 Å². The van der Waals surface area contributed by atoms with Gasteiger partial charge < -0.3 is 14.6 Å². The number of halogens is 1.